The van der Waals surface area contributed by atoms with Gasteiger partial charge in [0.1, 0.15) is 6.04 Å². The van der Waals surface area contributed by atoms with Gasteiger partial charge in [-0.3, -0.25) is 20.3 Å². The van der Waals surface area contributed by atoms with E-state index in [4.69, 9.17) is 0 Å². The molecule has 0 bridgehead atoms. The van der Waals surface area contributed by atoms with Crippen molar-refractivity contribution in [3.8, 4) is 0 Å². The van der Waals surface area contributed by atoms with E-state index in [-0.39, 0.29) is 17.2 Å². The fourth-order valence-electron chi connectivity index (χ4n) is 2.12. The Labute approximate surface area is 149 Å². The minimum absolute atomic E-state index is 0.0312. The summed E-state index contributed by atoms with van der Waals surface area (Å²) in [5, 5.41) is 2.48. The smallest absolute Gasteiger partial charge is 0.257 e. The molecule has 1 rings (SSSR count). The molecule has 2 amide bonds. The summed E-state index contributed by atoms with van der Waals surface area (Å²) in [5.41, 5.74) is 7.58. The van der Waals surface area contributed by atoms with Gasteiger partial charge in [0.15, 0.2) is 0 Å². The van der Waals surface area contributed by atoms with Gasteiger partial charge in [-0.05, 0) is 41.5 Å². The van der Waals surface area contributed by atoms with Gasteiger partial charge in [-0.1, -0.05) is 39.8 Å². The van der Waals surface area contributed by atoms with Gasteiger partial charge in [-0.15, -0.1) is 0 Å². The van der Waals surface area contributed by atoms with Gasteiger partial charge in [0.2, 0.25) is 5.91 Å². The number of hydrogen-bond acceptors (Lipinski definition) is 5. The molecule has 134 valence electrons. The van der Waals surface area contributed by atoms with E-state index >= 15 is 0 Å². The van der Waals surface area contributed by atoms with Crippen LogP contribution in [0.25, 0.3) is 0 Å². The Morgan fingerprint density at radius 3 is 2.29 bits per heavy atom. The maximum Gasteiger partial charge on any atom is 0.257 e. The maximum atomic E-state index is 12.3. The normalized spacial score (nSPS) is 12.7. The summed E-state index contributed by atoms with van der Waals surface area (Å²) in [4.78, 5) is 24.6. The molecule has 5 nitrogen and oxygen atoms in total. The number of amides is 2. The highest BCUT2D eigenvalue weighted by molar-refractivity contribution is 7.98. The zero-order valence-electron chi connectivity index (χ0n) is 15.2. The average Bonchev–Trinajstić information content (AvgIpc) is 2.54. The second-order valence-electron chi connectivity index (χ2n) is 6.65. The summed E-state index contributed by atoms with van der Waals surface area (Å²) in [7, 11) is 0. The molecule has 24 heavy (non-hydrogen) atoms. The molecule has 0 saturated carbocycles. The van der Waals surface area contributed by atoms with Gasteiger partial charge in [0, 0.05) is 12.1 Å². The lowest BCUT2D eigenvalue weighted by Gasteiger charge is -2.19. The van der Waals surface area contributed by atoms with Crippen molar-refractivity contribution in [3.05, 3.63) is 35.4 Å². The lowest BCUT2D eigenvalue weighted by molar-refractivity contribution is -0.122. The molecule has 0 aromatic heterocycles. The summed E-state index contributed by atoms with van der Waals surface area (Å²) in [5.74, 6) is 0.160. The molecule has 0 aliphatic heterocycles. The van der Waals surface area contributed by atoms with Crippen molar-refractivity contribution < 1.29 is 9.59 Å². The number of carbonyl (C=O) groups excluding carboxylic acids is 2. The molecular formula is C18H29N3O2S. The van der Waals surface area contributed by atoms with Gasteiger partial charge in [0.05, 0.1) is 0 Å². The predicted octanol–water partition coefficient (Wildman–Crippen LogP) is 2.48. The van der Waals surface area contributed by atoms with Crippen LogP contribution in [0.4, 0.5) is 0 Å². The molecule has 0 heterocycles. The molecule has 0 fully saturated rings. The summed E-state index contributed by atoms with van der Waals surface area (Å²) >= 11 is 1.67. The fraction of sp³-hybridized carbons (Fsp3) is 0.556. The Hall–Kier alpha value is -1.37. The lowest BCUT2D eigenvalue weighted by Crippen LogP contribution is -2.51. The monoisotopic (exact) mass is 351 g/mol. The lowest BCUT2D eigenvalue weighted by atomic mass is 9.87. The molecule has 6 heteroatoms. The van der Waals surface area contributed by atoms with Crippen molar-refractivity contribution in [2.45, 2.75) is 45.6 Å². The highest BCUT2D eigenvalue weighted by Gasteiger charge is 2.21. The van der Waals surface area contributed by atoms with E-state index in [0.29, 0.717) is 18.5 Å². The standard InChI is InChI=1S/C18H29N3O2S/c1-6-19-21-15(11-12-24-5)17(23)20-16(22)13-7-9-14(10-8-13)18(2,3)4/h7-10,15,19,21H,6,11-12H2,1-5H3,(H,20,22,23). The first-order valence-electron chi connectivity index (χ1n) is 8.22. The molecule has 0 radical (unpaired) electrons. The Balaban J connectivity index is 2.71. The zero-order valence-corrected chi connectivity index (χ0v) is 16.0. The van der Waals surface area contributed by atoms with Gasteiger partial charge in [-0.2, -0.15) is 11.8 Å². The number of thioether (sulfide) groups is 1. The minimum Gasteiger partial charge on any atom is -0.291 e. The highest BCUT2D eigenvalue weighted by atomic mass is 32.2. The van der Waals surface area contributed by atoms with Gasteiger partial charge < -0.3 is 0 Å². The SMILES string of the molecule is CCNNC(CCSC)C(=O)NC(=O)c1ccc(C(C)(C)C)cc1. The van der Waals surface area contributed by atoms with Crippen LogP contribution in [0.2, 0.25) is 0 Å². The quantitative estimate of drug-likeness (QED) is 0.628. The molecule has 3 N–H and O–H groups in total. The molecule has 1 atom stereocenters. The first-order chi connectivity index (χ1) is 11.3. The summed E-state index contributed by atoms with van der Waals surface area (Å²) in [6.45, 7) is 9.00. The van der Waals surface area contributed by atoms with Crippen molar-refractivity contribution in [3.63, 3.8) is 0 Å². The minimum atomic E-state index is -0.435. The summed E-state index contributed by atoms with van der Waals surface area (Å²) in [6, 6.07) is 6.95. The zero-order chi connectivity index (χ0) is 18.2. The van der Waals surface area contributed by atoms with Crippen LogP contribution in [0.1, 0.15) is 50.0 Å². The van der Waals surface area contributed by atoms with Crippen molar-refractivity contribution >= 4 is 23.6 Å². The second kappa shape index (κ2) is 9.81. The van der Waals surface area contributed by atoms with E-state index in [0.717, 1.165) is 11.3 Å². The third-order valence-electron chi connectivity index (χ3n) is 3.63. The van der Waals surface area contributed by atoms with Crippen molar-refractivity contribution in [2.75, 3.05) is 18.6 Å². The van der Waals surface area contributed by atoms with E-state index in [1.54, 1.807) is 23.9 Å². The van der Waals surface area contributed by atoms with Crippen molar-refractivity contribution in [2.24, 2.45) is 0 Å². The number of imide groups is 1. The highest BCUT2D eigenvalue weighted by Crippen LogP contribution is 2.22. The number of benzene rings is 1. The van der Waals surface area contributed by atoms with Crippen LogP contribution in [-0.2, 0) is 10.2 Å². The molecule has 0 aliphatic rings. The van der Waals surface area contributed by atoms with Crippen LogP contribution in [-0.4, -0.2) is 36.4 Å². The van der Waals surface area contributed by atoms with Gasteiger partial charge in [0.25, 0.3) is 5.91 Å². The van der Waals surface area contributed by atoms with Crippen LogP contribution in [0.15, 0.2) is 24.3 Å². The molecule has 0 aliphatic carbocycles. The topological polar surface area (TPSA) is 70.2 Å². The Kier molecular flexibility index (Phi) is 8.45. The second-order valence-corrected chi connectivity index (χ2v) is 7.64. The Morgan fingerprint density at radius 2 is 1.79 bits per heavy atom. The molecule has 1 aromatic rings. The van der Waals surface area contributed by atoms with E-state index in [9.17, 15) is 9.59 Å². The van der Waals surface area contributed by atoms with Gasteiger partial charge in [-0.25, -0.2) is 5.43 Å². The molecule has 0 spiro atoms. The molecule has 0 saturated heterocycles. The molecule has 1 aromatic carbocycles. The Bertz CT molecular complexity index is 530. The van der Waals surface area contributed by atoms with Crippen molar-refractivity contribution in [1.82, 2.24) is 16.2 Å². The molecular weight excluding hydrogens is 322 g/mol. The third kappa shape index (κ3) is 6.63. The van der Waals surface area contributed by atoms with Gasteiger partial charge >= 0.3 is 0 Å². The van der Waals surface area contributed by atoms with E-state index in [1.165, 1.54) is 0 Å². The fourth-order valence-corrected chi connectivity index (χ4v) is 2.59. The van der Waals surface area contributed by atoms with E-state index in [2.05, 4.69) is 36.9 Å². The first-order valence-corrected chi connectivity index (χ1v) is 9.62. The summed E-state index contributed by atoms with van der Waals surface area (Å²) in [6.07, 6.45) is 2.64. The first kappa shape index (κ1) is 20.7. The summed E-state index contributed by atoms with van der Waals surface area (Å²) < 4.78 is 0. The largest absolute Gasteiger partial charge is 0.291 e. The van der Waals surface area contributed by atoms with Crippen LogP contribution >= 0.6 is 11.8 Å². The van der Waals surface area contributed by atoms with E-state index < -0.39 is 6.04 Å². The van der Waals surface area contributed by atoms with Crippen LogP contribution in [0, 0.1) is 0 Å². The third-order valence-corrected chi connectivity index (χ3v) is 4.27. The van der Waals surface area contributed by atoms with Crippen molar-refractivity contribution in [1.29, 1.82) is 0 Å². The van der Waals surface area contributed by atoms with Crippen LogP contribution in [0.5, 0.6) is 0 Å². The molecule has 1 unspecified atom stereocenters. The Morgan fingerprint density at radius 1 is 1.17 bits per heavy atom. The van der Waals surface area contributed by atoms with Crippen LogP contribution < -0.4 is 16.2 Å². The van der Waals surface area contributed by atoms with Crippen LogP contribution in [0.3, 0.4) is 0 Å². The number of rotatable bonds is 8. The average molecular weight is 352 g/mol. The maximum absolute atomic E-state index is 12.3. The van der Waals surface area contributed by atoms with E-state index in [1.807, 2.05) is 25.3 Å². The number of hydrogen-bond donors (Lipinski definition) is 3. The number of carbonyl (C=O) groups is 2. The number of hydrazine groups is 1. The predicted molar refractivity (Wildman–Crippen MR) is 101 cm³/mol. The number of nitrogens with one attached hydrogen (secondary N) is 3.